The van der Waals surface area contributed by atoms with Crippen LogP contribution in [0.15, 0.2) is 58.6 Å². The third kappa shape index (κ3) is 3.70. The lowest BCUT2D eigenvalue weighted by molar-refractivity contribution is 0.0380. The van der Waals surface area contributed by atoms with Crippen LogP contribution in [0.4, 0.5) is 0 Å². The van der Waals surface area contributed by atoms with Gasteiger partial charge in [0.25, 0.3) is 0 Å². The van der Waals surface area contributed by atoms with Gasteiger partial charge in [-0.15, -0.1) is 0 Å². The zero-order chi connectivity index (χ0) is 18.9. The van der Waals surface area contributed by atoms with E-state index in [9.17, 15) is 8.42 Å². The number of nitrogens with zero attached hydrogens (tertiary/aromatic N) is 1. The fourth-order valence-corrected chi connectivity index (χ4v) is 4.29. The van der Waals surface area contributed by atoms with Crippen LogP contribution < -0.4 is 10.1 Å². The highest BCUT2D eigenvalue weighted by Gasteiger charge is 2.40. The molecule has 0 radical (unpaired) electrons. The summed E-state index contributed by atoms with van der Waals surface area (Å²) in [5, 5.41) is 7.40. The van der Waals surface area contributed by atoms with E-state index in [0.29, 0.717) is 12.1 Å². The number of benzene rings is 2. The molecule has 2 aromatic rings. The Hall–Kier alpha value is -2.38. The summed E-state index contributed by atoms with van der Waals surface area (Å²) in [6.45, 7) is 3.62. The van der Waals surface area contributed by atoms with Gasteiger partial charge in [0.1, 0.15) is 16.2 Å². The average Bonchev–Trinajstić information content (AvgIpc) is 2.67. The number of piperidine rings is 1. The van der Waals surface area contributed by atoms with E-state index in [1.807, 2.05) is 31.2 Å². The normalized spacial score (nSPS) is 20.1. The van der Waals surface area contributed by atoms with Gasteiger partial charge >= 0.3 is 10.1 Å². The van der Waals surface area contributed by atoms with Gasteiger partial charge in [-0.2, -0.15) is 8.42 Å². The van der Waals surface area contributed by atoms with Crippen LogP contribution >= 0.6 is 0 Å². The molecule has 142 valence electrons. The zero-order valence-corrected chi connectivity index (χ0v) is 16.0. The summed E-state index contributed by atoms with van der Waals surface area (Å²) >= 11 is 0. The van der Waals surface area contributed by atoms with Crippen molar-refractivity contribution in [1.29, 1.82) is 0 Å². The van der Waals surface area contributed by atoms with Gasteiger partial charge in [0.05, 0.1) is 5.71 Å². The largest absolute Gasteiger partial charge is 0.486 e. The number of ether oxygens (including phenoxy) is 1. The maximum absolute atomic E-state index is 12.5. The topological polar surface area (TPSA) is 77.0 Å². The van der Waals surface area contributed by atoms with Crippen LogP contribution in [0.2, 0.25) is 0 Å². The molecule has 27 heavy (non-hydrogen) atoms. The van der Waals surface area contributed by atoms with E-state index in [4.69, 9.17) is 9.02 Å². The lowest BCUT2D eigenvalue weighted by atomic mass is 9.82. The molecule has 2 aromatic carbocycles. The van der Waals surface area contributed by atoms with E-state index in [1.165, 1.54) is 12.1 Å². The van der Waals surface area contributed by atoms with Crippen LogP contribution in [-0.4, -0.2) is 32.8 Å². The molecule has 2 aliphatic rings. The Bertz CT molecular complexity index is 962. The number of aryl methyl sites for hydroxylation is 1. The van der Waals surface area contributed by atoms with Crippen LogP contribution in [-0.2, 0) is 14.4 Å². The Kier molecular flexibility index (Phi) is 4.65. The van der Waals surface area contributed by atoms with Gasteiger partial charge in [0.15, 0.2) is 0 Å². The van der Waals surface area contributed by atoms with Crippen molar-refractivity contribution in [3.63, 3.8) is 0 Å². The molecule has 1 N–H and O–H groups in total. The molecular formula is C20H22N2O4S. The maximum Gasteiger partial charge on any atom is 0.358 e. The minimum Gasteiger partial charge on any atom is -0.486 e. The van der Waals surface area contributed by atoms with Crippen molar-refractivity contribution in [3.05, 3.63) is 59.7 Å². The summed E-state index contributed by atoms with van der Waals surface area (Å²) in [6, 6.07) is 14.1. The van der Waals surface area contributed by atoms with Gasteiger partial charge in [0, 0.05) is 24.8 Å². The van der Waals surface area contributed by atoms with Crippen molar-refractivity contribution in [3.8, 4) is 5.75 Å². The molecule has 1 fully saturated rings. The first-order valence-electron chi connectivity index (χ1n) is 9.04. The van der Waals surface area contributed by atoms with Crippen molar-refractivity contribution < 1.29 is 17.4 Å². The van der Waals surface area contributed by atoms with Crippen LogP contribution in [0.25, 0.3) is 0 Å². The second-order valence-corrected chi connectivity index (χ2v) is 8.62. The molecule has 6 nitrogen and oxygen atoms in total. The second-order valence-electron chi connectivity index (χ2n) is 7.09. The Morgan fingerprint density at radius 1 is 1.07 bits per heavy atom. The number of fused-ring (bicyclic) bond motifs is 1. The quantitative estimate of drug-likeness (QED) is 0.821. The van der Waals surface area contributed by atoms with E-state index in [1.54, 1.807) is 12.1 Å². The standard InChI is InChI=1S/C20H22N2O4S/c1-15-6-8-16(9-7-15)27(23,24)26-22-18-14-20(10-12-21-13-11-20)25-19-5-3-2-4-17(18)19/h2-9,21H,10-14H2,1H3. The SMILES string of the molecule is Cc1ccc(S(=O)(=O)ON=C2CC3(CCNCC3)Oc3ccccc32)cc1. The minimum absolute atomic E-state index is 0.0920. The average molecular weight is 386 g/mol. The number of nitrogens with one attached hydrogen (secondary N) is 1. The van der Waals surface area contributed by atoms with Crippen molar-refractivity contribution in [1.82, 2.24) is 5.32 Å². The van der Waals surface area contributed by atoms with Crippen LogP contribution in [0.5, 0.6) is 5.75 Å². The van der Waals surface area contributed by atoms with E-state index in [2.05, 4.69) is 10.5 Å². The summed E-state index contributed by atoms with van der Waals surface area (Å²) in [7, 11) is -3.96. The number of para-hydroxylation sites is 1. The molecule has 1 saturated heterocycles. The van der Waals surface area contributed by atoms with Crippen molar-refractivity contribution in [2.45, 2.75) is 36.7 Å². The fourth-order valence-electron chi connectivity index (χ4n) is 3.55. The van der Waals surface area contributed by atoms with Gasteiger partial charge in [0.2, 0.25) is 0 Å². The van der Waals surface area contributed by atoms with Gasteiger partial charge in [-0.3, -0.25) is 4.28 Å². The molecule has 2 aliphatic heterocycles. The minimum atomic E-state index is -3.96. The van der Waals surface area contributed by atoms with Gasteiger partial charge < -0.3 is 10.1 Å². The molecular weight excluding hydrogens is 364 g/mol. The Morgan fingerprint density at radius 2 is 1.78 bits per heavy atom. The third-order valence-corrected chi connectivity index (χ3v) is 6.20. The number of hydrogen-bond donors (Lipinski definition) is 1. The molecule has 4 rings (SSSR count). The van der Waals surface area contributed by atoms with E-state index in [0.717, 1.165) is 42.8 Å². The zero-order valence-electron chi connectivity index (χ0n) is 15.1. The highest BCUT2D eigenvalue weighted by molar-refractivity contribution is 7.86. The first-order chi connectivity index (χ1) is 13.0. The molecule has 1 spiro atoms. The molecule has 0 amide bonds. The van der Waals surface area contributed by atoms with Crippen LogP contribution in [0.1, 0.15) is 30.4 Å². The number of hydrogen-bond acceptors (Lipinski definition) is 6. The highest BCUT2D eigenvalue weighted by atomic mass is 32.2. The third-order valence-electron chi connectivity index (χ3n) is 5.08. The molecule has 0 saturated carbocycles. The number of oxime groups is 1. The molecule has 0 atom stereocenters. The summed E-state index contributed by atoms with van der Waals surface area (Å²) < 4.78 is 36.4. The first-order valence-corrected chi connectivity index (χ1v) is 10.4. The van der Waals surface area contributed by atoms with Gasteiger partial charge in [-0.25, -0.2) is 0 Å². The Morgan fingerprint density at radius 3 is 2.52 bits per heavy atom. The van der Waals surface area contributed by atoms with Gasteiger partial charge in [-0.05, 0) is 44.3 Å². The summed E-state index contributed by atoms with van der Waals surface area (Å²) in [6.07, 6.45) is 2.20. The van der Waals surface area contributed by atoms with Crippen molar-refractivity contribution >= 4 is 15.8 Å². The molecule has 0 aliphatic carbocycles. The molecule has 0 aromatic heterocycles. The van der Waals surface area contributed by atoms with Crippen molar-refractivity contribution in [2.24, 2.45) is 5.16 Å². The van der Waals surface area contributed by atoms with Gasteiger partial charge in [-0.1, -0.05) is 35.0 Å². The first kappa shape index (κ1) is 18.0. The Balaban J connectivity index is 1.65. The smallest absolute Gasteiger partial charge is 0.358 e. The molecule has 2 heterocycles. The summed E-state index contributed by atoms with van der Waals surface area (Å²) in [4.78, 5) is 0.0920. The lowest BCUT2D eigenvalue weighted by Gasteiger charge is -2.41. The predicted molar refractivity (Wildman–Crippen MR) is 103 cm³/mol. The van der Waals surface area contributed by atoms with Crippen molar-refractivity contribution in [2.75, 3.05) is 13.1 Å². The van der Waals surface area contributed by atoms with E-state index < -0.39 is 10.1 Å². The maximum atomic E-state index is 12.5. The second kappa shape index (κ2) is 6.98. The Labute approximate surface area is 159 Å². The monoisotopic (exact) mass is 386 g/mol. The lowest BCUT2D eigenvalue weighted by Crippen LogP contribution is -2.49. The molecule has 0 bridgehead atoms. The van der Waals surface area contributed by atoms with Crippen LogP contribution in [0.3, 0.4) is 0 Å². The fraction of sp³-hybridized carbons (Fsp3) is 0.350. The number of rotatable bonds is 3. The molecule has 7 heteroatoms. The van der Waals surface area contributed by atoms with E-state index >= 15 is 0 Å². The predicted octanol–water partition coefficient (Wildman–Crippen LogP) is 3.01. The summed E-state index contributed by atoms with van der Waals surface area (Å²) in [5.41, 5.74) is 2.00. The summed E-state index contributed by atoms with van der Waals surface area (Å²) in [5.74, 6) is 0.723. The highest BCUT2D eigenvalue weighted by Crippen LogP contribution is 2.38. The van der Waals surface area contributed by atoms with E-state index in [-0.39, 0.29) is 10.5 Å². The van der Waals surface area contributed by atoms with Crippen LogP contribution in [0, 0.1) is 6.92 Å². The molecule has 0 unspecified atom stereocenters.